The highest BCUT2D eigenvalue weighted by Crippen LogP contribution is 2.33. The van der Waals surface area contributed by atoms with E-state index in [0.29, 0.717) is 34.4 Å². The summed E-state index contributed by atoms with van der Waals surface area (Å²) in [4.78, 5) is 13.0. The van der Waals surface area contributed by atoms with Crippen LogP contribution in [0.3, 0.4) is 0 Å². The zero-order valence-corrected chi connectivity index (χ0v) is 17.6. The molecule has 30 heavy (non-hydrogen) atoms. The molecular weight excluding hydrogens is 406 g/mol. The van der Waals surface area contributed by atoms with Crippen LogP contribution in [0.5, 0.6) is 17.2 Å². The molecule has 0 fully saturated rings. The van der Waals surface area contributed by atoms with Crippen molar-refractivity contribution in [3.8, 4) is 22.9 Å². The molecule has 0 unspecified atom stereocenters. The van der Waals surface area contributed by atoms with E-state index in [4.69, 9.17) is 14.2 Å². The first-order valence-electron chi connectivity index (χ1n) is 9.17. The van der Waals surface area contributed by atoms with E-state index in [1.807, 2.05) is 24.3 Å². The van der Waals surface area contributed by atoms with E-state index < -0.39 is 10.8 Å². The van der Waals surface area contributed by atoms with Crippen molar-refractivity contribution in [1.29, 1.82) is 0 Å². The third kappa shape index (κ3) is 3.63. The molecule has 0 spiro atoms. The van der Waals surface area contributed by atoms with Gasteiger partial charge in [-0.1, -0.05) is 0 Å². The van der Waals surface area contributed by atoms with E-state index in [-0.39, 0.29) is 5.91 Å². The number of nitrogens with zero attached hydrogens (tertiary/aromatic N) is 2. The fourth-order valence-corrected chi connectivity index (χ4v) is 4.59. The average Bonchev–Trinajstić information content (AvgIpc) is 3.29. The lowest BCUT2D eigenvalue weighted by molar-refractivity contribution is 0.102. The summed E-state index contributed by atoms with van der Waals surface area (Å²) in [7, 11) is 3.63. The van der Waals surface area contributed by atoms with Crippen LogP contribution in [0.2, 0.25) is 0 Å². The first kappa shape index (κ1) is 20.0. The summed E-state index contributed by atoms with van der Waals surface area (Å²) in [6.45, 7) is 0. The Labute approximate surface area is 176 Å². The first-order valence-corrected chi connectivity index (χ1v) is 10.7. The fourth-order valence-electron chi connectivity index (χ4n) is 3.32. The summed E-state index contributed by atoms with van der Waals surface area (Å²) in [5, 5.41) is 7.54. The van der Waals surface area contributed by atoms with Gasteiger partial charge in [-0.3, -0.25) is 9.00 Å². The Morgan fingerprint density at radius 1 is 1.00 bits per heavy atom. The number of ether oxygens (including phenoxy) is 3. The van der Waals surface area contributed by atoms with Crippen molar-refractivity contribution in [1.82, 2.24) is 9.78 Å². The Morgan fingerprint density at radius 2 is 1.73 bits per heavy atom. The number of hydrogen-bond acceptors (Lipinski definition) is 6. The van der Waals surface area contributed by atoms with Crippen LogP contribution in [0.25, 0.3) is 5.69 Å². The van der Waals surface area contributed by atoms with Crippen molar-refractivity contribution in [3.05, 3.63) is 59.3 Å². The molecule has 0 saturated carbocycles. The molecule has 9 heteroatoms. The van der Waals surface area contributed by atoms with Crippen molar-refractivity contribution in [3.63, 3.8) is 0 Å². The van der Waals surface area contributed by atoms with Crippen molar-refractivity contribution in [2.45, 2.75) is 11.5 Å². The van der Waals surface area contributed by atoms with Crippen molar-refractivity contribution < 1.29 is 23.2 Å². The van der Waals surface area contributed by atoms with Gasteiger partial charge in [0.2, 0.25) is 0 Å². The zero-order chi connectivity index (χ0) is 21.3. The molecule has 1 atom stereocenters. The molecule has 8 nitrogen and oxygen atoms in total. The van der Waals surface area contributed by atoms with E-state index >= 15 is 0 Å². The highest BCUT2D eigenvalue weighted by atomic mass is 32.2. The summed E-state index contributed by atoms with van der Waals surface area (Å²) >= 11 is 0. The van der Waals surface area contributed by atoms with Crippen LogP contribution in [-0.2, 0) is 22.3 Å². The average molecular weight is 427 g/mol. The number of fused-ring (bicyclic) bond motifs is 1. The summed E-state index contributed by atoms with van der Waals surface area (Å²) in [6.07, 6.45) is 0. The zero-order valence-electron chi connectivity index (χ0n) is 16.8. The topological polar surface area (TPSA) is 91.7 Å². The largest absolute Gasteiger partial charge is 0.497 e. The van der Waals surface area contributed by atoms with Crippen molar-refractivity contribution >= 4 is 22.5 Å². The van der Waals surface area contributed by atoms with Gasteiger partial charge in [0.1, 0.15) is 11.6 Å². The number of methoxy groups -OCH3 is 3. The van der Waals surface area contributed by atoms with Gasteiger partial charge >= 0.3 is 0 Å². The molecule has 1 amide bonds. The molecule has 0 saturated heterocycles. The SMILES string of the molecule is COc1ccc(-n2nc3c(c2NC(=O)c2ccc(OC)c(OC)c2)C[S@@](=O)C3)cc1. The Morgan fingerprint density at radius 3 is 2.40 bits per heavy atom. The number of benzene rings is 2. The van der Waals surface area contributed by atoms with E-state index in [9.17, 15) is 9.00 Å². The van der Waals surface area contributed by atoms with Gasteiger partial charge in [-0.25, -0.2) is 4.68 Å². The lowest BCUT2D eigenvalue weighted by Gasteiger charge is -2.13. The number of rotatable bonds is 6. The van der Waals surface area contributed by atoms with Crippen LogP contribution >= 0.6 is 0 Å². The van der Waals surface area contributed by atoms with Crippen molar-refractivity contribution in [2.24, 2.45) is 0 Å². The van der Waals surface area contributed by atoms with Gasteiger partial charge in [-0.2, -0.15) is 5.10 Å². The van der Waals surface area contributed by atoms with Gasteiger partial charge in [0, 0.05) is 21.9 Å². The van der Waals surface area contributed by atoms with E-state index in [1.165, 1.54) is 14.2 Å². The van der Waals surface area contributed by atoms with E-state index in [0.717, 1.165) is 22.7 Å². The fraction of sp³-hybridized carbons (Fsp3) is 0.238. The molecule has 1 N–H and O–H groups in total. The van der Waals surface area contributed by atoms with Crippen LogP contribution in [0, 0.1) is 0 Å². The minimum Gasteiger partial charge on any atom is -0.497 e. The molecule has 156 valence electrons. The Hall–Kier alpha value is -3.33. The summed E-state index contributed by atoms with van der Waals surface area (Å²) in [5.41, 5.74) is 2.69. The highest BCUT2D eigenvalue weighted by molar-refractivity contribution is 7.83. The lowest BCUT2D eigenvalue weighted by atomic mass is 10.2. The van der Waals surface area contributed by atoms with Crippen LogP contribution in [-0.4, -0.2) is 41.2 Å². The lowest BCUT2D eigenvalue weighted by Crippen LogP contribution is -2.16. The number of nitrogens with one attached hydrogen (secondary N) is 1. The van der Waals surface area contributed by atoms with E-state index in [2.05, 4.69) is 10.4 Å². The molecule has 1 aliphatic rings. The van der Waals surface area contributed by atoms with Crippen LogP contribution < -0.4 is 19.5 Å². The van der Waals surface area contributed by atoms with Crippen LogP contribution in [0.15, 0.2) is 42.5 Å². The number of anilines is 1. The molecule has 0 bridgehead atoms. The molecule has 1 aromatic heterocycles. The van der Waals surface area contributed by atoms with Crippen LogP contribution in [0.1, 0.15) is 21.6 Å². The maximum absolute atomic E-state index is 13.0. The number of aromatic nitrogens is 2. The normalized spacial score (nSPS) is 14.8. The molecule has 0 radical (unpaired) electrons. The maximum atomic E-state index is 13.0. The summed E-state index contributed by atoms with van der Waals surface area (Å²) in [5.74, 6) is 2.63. The highest BCUT2D eigenvalue weighted by Gasteiger charge is 2.28. The Bertz CT molecular complexity index is 1120. The second-order valence-electron chi connectivity index (χ2n) is 6.64. The monoisotopic (exact) mass is 427 g/mol. The number of amides is 1. The molecule has 0 aliphatic carbocycles. The molecule has 3 aromatic rings. The summed E-state index contributed by atoms with van der Waals surface area (Å²) < 4.78 is 29.5. The molecule has 2 aromatic carbocycles. The summed E-state index contributed by atoms with van der Waals surface area (Å²) in [6, 6.07) is 12.3. The second-order valence-corrected chi connectivity index (χ2v) is 8.09. The Balaban J connectivity index is 1.71. The number of carbonyl (C=O) groups is 1. The van der Waals surface area contributed by atoms with Gasteiger partial charge in [-0.15, -0.1) is 0 Å². The Kier molecular flexibility index (Phi) is 5.45. The molecular formula is C21H21N3O5S. The third-order valence-corrected chi connectivity index (χ3v) is 6.07. The standard InChI is InChI=1S/C21H21N3O5S/c1-27-15-7-5-14(6-8-15)24-20(16-11-30(26)12-17(16)23-24)22-21(25)13-4-9-18(28-2)19(10-13)29-3/h4-10H,11-12H2,1-3H3,(H,22,25)/t30-/m1/s1. The van der Waals surface area contributed by atoms with E-state index in [1.54, 1.807) is 30.0 Å². The number of carbonyl (C=O) groups excluding carboxylic acids is 1. The predicted molar refractivity (Wildman–Crippen MR) is 113 cm³/mol. The predicted octanol–water partition coefficient (Wildman–Crippen LogP) is 2.91. The van der Waals surface area contributed by atoms with Crippen molar-refractivity contribution in [2.75, 3.05) is 26.6 Å². The minimum absolute atomic E-state index is 0.328. The molecule has 2 heterocycles. The minimum atomic E-state index is -1.02. The van der Waals surface area contributed by atoms with Gasteiger partial charge in [0.15, 0.2) is 11.5 Å². The van der Waals surface area contributed by atoms with Gasteiger partial charge in [0.25, 0.3) is 5.91 Å². The van der Waals surface area contributed by atoms with Gasteiger partial charge in [-0.05, 0) is 42.5 Å². The number of hydrogen-bond donors (Lipinski definition) is 1. The maximum Gasteiger partial charge on any atom is 0.256 e. The van der Waals surface area contributed by atoms with Gasteiger partial charge < -0.3 is 19.5 Å². The quantitative estimate of drug-likeness (QED) is 0.650. The third-order valence-electron chi connectivity index (χ3n) is 4.86. The first-order chi connectivity index (χ1) is 14.5. The molecule has 1 aliphatic heterocycles. The molecule has 4 rings (SSSR count). The van der Waals surface area contributed by atoms with Crippen LogP contribution in [0.4, 0.5) is 5.82 Å². The van der Waals surface area contributed by atoms with Gasteiger partial charge in [0.05, 0.1) is 44.2 Å². The smallest absolute Gasteiger partial charge is 0.256 e. The second kappa shape index (κ2) is 8.19.